The lowest BCUT2D eigenvalue weighted by Gasteiger charge is -2.10. The molecule has 0 aliphatic carbocycles. The summed E-state index contributed by atoms with van der Waals surface area (Å²) in [7, 11) is -3.97. The summed E-state index contributed by atoms with van der Waals surface area (Å²) in [5, 5.41) is 9.49. The second-order valence-electron chi connectivity index (χ2n) is 6.35. The molecule has 3 aromatic rings. The van der Waals surface area contributed by atoms with E-state index in [0.717, 1.165) is 5.56 Å². The van der Waals surface area contributed by atoms with E-state index in [4.69, 9.17) is 4.74 Å². The van der Waals surface area contributed by atoms with Gasteiger partial charge in [0.1, 0.15) is 29.1 Å². The van der Waals surface area contributed by atoms with Gasteiger partial charge in [-0.05, 0) is 37.3 Å². The molecule has 146 valence electrons. The molecule has 0 aliphatic rings. The zero-order chi connectivity index (χ0) is 20.9. The van der Waals surface area contributed by atoms with Crippen molar-refractivity contribution in [1.29, 1.82) is 5.26 Å². The van der Waals surface area contributed by atoms with Gasteiger partial charge >= 0.3 is 0 Å². The molecule has 0 N–H and O–H groups in total. The van der Waals surface area contributed by atoms with Crippen LogP contribution in [0.5, 0.6) is 5.75 Å². The predicted molar refractivity (Wildman–Crippen MR) is 109 cm³/mol. The Balaban J connectivity index is 1.93. The van der Waals surface area contributed by atoms with E-state index in [1.807, 2.05) is 6.92 Å². The molecular weight excluding hydrogens is 389 g/mol. The lowest BCUT2D eigenvalue weighted by Crippen LogP contribution is -2.04. The first kappa shape index (κ1) is 20.3. The normalized spacial score (nSPS) is 11.7. The van der Waals surface area contributed by atoms with Gasteiger partial charge in [-0.1, -0.05) is 54.1 Å². The molecule has 3 rings (SSSR count). The maximum absolute atomic E-state index is 13.8. The van der Waals surface area contributed by atoms with Gasteiger partial charge in [0.2, 0.25) is 9.84 Å². The van der Waals surface area contributed by atoms with Gasteiger partial charge in [0, 0.05) is 11.1 Å². The fraction of sp³-hybridized carbons (Fsp3) is 0.0870. The Bertz CT molecular complexity index is 1190. The molecule has 0 bridgehead atoms. The number of aryl methyl sites for hydroxylation is 1. The van der Waals surface area contributed by atoms with E-state index in [0.29, 0.717) is 16.9 Å². The fourth-order valence-electron chi connectivity index (χ4n) is 2.66. The molecule has 3 aromatic carbocycles. The summed E-state index contributed by atoms with van der Waals surface area (Å²) in [6.45, 7) is 1.82. The maximum Gasteiger partial charge on any atom is 0.216 e. The van der Waals surface area contributed by atoms with E-state index < -0.39 is 14.7 Å². The fourth-order valence-corrected chi connectivity index (χ4v) is 3.81. The van der Waals surface area contributed by atoms with Crippen LogP contribution in [0.15, 0.2) is 82.6 Å². The van der Waals surface area contributed by atoms with Crippen LogP contribution in [0.25, 0.3) is 6.08 Å². The van der Waals surface area contributed by atoms with Crippen molar-refractivity contribution in [3.8, 4) is 11.8 Å². The van der Waals surface area contributed by atoms with E-state index in [1.54, 1.807) is 60.7 Å². The van der Waals surface area contributed by atoms with Crippen LogP contribution in [0.4, 0.5) is 4.39 Å². The third kappa shape index (κ3) is 4.71. The van der Waals surface area contributed by atoms with Gasteiger partial charge in [-0.2, -0.15) is 5.26 Å². The van der Waals surface area contributed by atoms with Crippen molar-refractivity contribution in [2.45, 2.75) is 18.4 Å². The number of ether oxygens (including phenoxy) is 1. The van der Waals surface area contributed by atoms with Crippen LogP contribution in [0.1, 0.15) is 16.7 Å². The lowest BCUT2D eigenvalue weighted by molar-refractivity contribution is 0.299. The number of benzene rings is 3. The molecular formula is C23H18FNO3S. The number of para-hydroxylation sites is 1. The Kier molecular flexibility index (Phi) is 6.10. The molecule has 0 saturated carbocycles. The summed E-state index contributed by atoms with van der Waals surface area (Å²) >= 11 is 0. The van der Waals surface area contributed by atoms with Gasteiger partial charge in [0.05, 0.1) is 4.90 Å². The van der Waals surface area contributed by atoms with Gasteiger partial charge in [-0.15, -0.1) is 0 Å². The quantitative estimate of drug-likeness (QED) is 0.536. The first-order valence-corrected chi connectivity index (χ1v) is 10.3. The minimum atomic E-state index is -3.97. The third-order valence-corrected chi connectivity index (χ3v) is 5.96. The highest BCUT2D eigenvalue weighted by Crippen LogP contribution is 2.26. The van der Waals surface area contributed by atoms with E-state index in [9.17, 15) is 18.1 Å². The topological polar surface area (TPSA) is 67.2 Å². The second-order valence-corrected chi connectivity index (χ2v) is 8.27. The number of rotatable bonds is 6. The highest BCUT2D eigenvalue weighted by molar-refractivity contribution is 7.95. The Morgan fingerprint density at radius 1 is 1.03 bits per heavy atom. The first-order valence-electron chi connectivity index (χ1n) is 8.80. The van der Waals surface area contributed by atoms with Gasteiger partial charge < -0.3 is 4.74 Å². The molecule has 0 saturated heterocycles. The highest BCUT2D eigenvalue weighted by atomic mass is 32.2. The summed E-state index contributed by atoms with van der Waals surface area (Å²) in [5.74, 6) is -0.0391. The molecule has 0 atom stereocenters. The Hall–Kier alpha value is -3.43. The third-order valence-electron chi connectivity index (χ3n) is 4.28. The van der Waals surface area contributed by atoms with Crippen molar-refractivity contribution < 1.29 is 17.5 Å². The van der Waals surface area contributed by atoms with E-state index in [2.05, 4.69) is 0 Å². The molecule has 0 aliphatic heterocycles. The highest BCUT2D eigenvalue weighted by Gasteiger charge is 2.21. The van der Waals surface area contributed by atoms with Crippen LogP contribution >= 0.6 is 0 Å². The lowest BCUT2D eigenvalue weighted by atomic mass is 10.2. The van der Waals surface area contributed by atoms with Crippen molar-refractivity contribution in [1.82, 2.24) is 0 Å². The SMILES string of the molecule is Cc1ccc(S(=O)(=O)C(C#N)=Cc2ccccc2OCc2ccccc2F)cc1. The van der Waals surface area contributed by atoms with Crippen molar-refractivity contribution in [2.24, 2.45) is 0 Å². The molecule has 0 aromatic heterocycles. The number of hydrogen-bond donors (Lipinski definition) is 0. The predicted octanol–water partition coefficient (Wildman–Crippen LogP) is 5.05. The molecule has 4 nitrogen and oxygen atoms in total. The van der Waals surface area contributed by atoms with Crippen LogP contribution in [0, 0.1) is 24.1 Å². The van der Waals surface area contributed by atoms with Crippen molar-refractivity contribution in [2.75, 3.05) is 0 Å². The first-order chi connectivity index (χ1) is 13.9. The standard InChI is InChI=1S/C23H18FNO3S/c1-17-10-12-20(13-11-17)29(26,27)21(15-25)14-18-6-3-5-9-23(18)28-16-19-7-2-4-8-22(19)24/h2-14H,16H2,1H3. The van der Waals surface area contributed by atoms with Gasteiger partial charge in [0.25, 0.3) is 0 Å². The molecule has 0 radical (unpaired) electrons. The molecule has 0 spiro atoms. The monoisotopic (exact) mass is 407 g/mol. The van der Waals surface area contributed by atoms with Crippen molar-refractivity contribution in [3.05, 3.63) is 100 Å². The average molecular weight is 407 g/mol. The summed E-state index contributed by atoms with van der Waals surface area (Å²) in [6, 6.07) is 21.0. The zero-order valence-electron chi connectivity index (χ0n) is 15.7. The minimum Gasteiger partial charge on any atom is -0.488 e. The summed E-state index contributed by atoms with van der Waals surface area (Å²) < 4.78 is 45.2. The average Bonchev–Trinajstić information content (AvgIpc) is 2.72. The number of halogens is 1. The molecule has 0 unspecified atom stereocenters. The molecule has 0 fully saturated rings. The number of nitrogens with zero attached hydrogens (tertiary/aromatic N) is 1. The van der Waals surface area contributed by atoms with Crippen LogP contribution < -0.4 is 4.74 Å². The number of nitriles is 1. The van der Waals surface area contributed by atoms with Gasteiger partial charge in [-0.3, -0.25) is 0 Å². The van der Waals surface area contributed by atoms with Crippen LogP contribution in [-0.2, 0) is 16.4 Å². The molecule has 0 heterocycles. The Morgan fingerprint density at radius 2 is 1.69 bits per heavy atom. The smallest absolute Gasteiger partial charge is 0.216 e. The van der Waals surface area contributed by atoms with Crippen molar-refractivity contribution >= 4 is 15.9 Å². The number of hydrogen-bond acceptors (Lipinski definition) is 4. The van der Waals surface area contributed by atoms with Gasteiger partial charge in [0.15, 0.2) is 0 Å². The molecule has 0 amide bonds. The van der Waals surface area contributed by atoms with E-state index in [-0.39, 0.29) is 17.3 Å². The largest absolute Gasteiger partial charge is 0.488 e. The maximum atomic E-state index is 13.8. The van der Waals surface area contributed by atoms with E-state index in [1.165, 1.54) is 24.3 Å². The number of allylic oxidation sites excluding steroid dienone is 1. The minimum absolute atomic E-state index is 0.0237. The van der Waals surface area contributed by atoms with Crippen LogP contribution in [0.3, 0.4) is 0 Å². The molecule has 29 heavy (non-hydrogen) atoms. The number of sulfone groups is 1. The van der Waals surface area contributed by atoms with E-state index >= 15 is 0 Å². The summed E-state index contributed by atoms with van der Waals surface area (Å²) in [4.78, 5) is -0.357. The summed E-state index contributed by atoms with van der Waals surface area (Å²) in [5.41, 5.74) is 1.70. The summed E-state index contributed by atoms with van der Waals surface area (Å²) in [6.07, 6.45) is 1.27. The van der Waals surface area contributed by atoms with Crippen LogP contribution in [-0.4, -0.2) is 8.42 Å². The second kappa shape index (κ2) is 8.72. The Morgan fingerprint density at radius 3 is 2.38 bits per heavy atom. The van der Waals surface area contributed by atoms with Gasteiger partial charge in [-0.25, -0.2) is 12.8 Å². The molecule has 6 heteroatoms. The Labute approximate surface area is 169 Å². The zero-order valence-corrected chi connectivity index (χ0v) is 16.5. The van der Waals surface area contributed by atoms with Crippen LogP contribution in [0.2, 0.25) is 0 Å². The van der Waals surface area contributed by atoms with Crippen molar-refractivity contribution in [3.63, 3.8) is 0 Å².